The number of hydrogen-bond donors (Lipinski definition) is 1. The van der Waals surface area contributed by atoms with Crippen molar-refractivity contribution in [2.75, 3.05) is 11.9 Å². The Hall–Kier alpha value is -3.26. The molecule has 2 aromatic carbocycles. The molecule has 2 aromatic heterocycles. The maximum Gasteiger partial charge on any atom is 0.262 e. The molecule has 0 fully saturated rings. The Morgan fingerprint density at radius 1 is 1.17 bits per heavy atom. The maximum atomic E-state index is 12.4. The monoisotopic (exact) mass is 421 g/mol. The van der Waals surface area contributed by atoms with Gasteiger partial charge < -0.3 is 10.1 Å². The molecule has 4 rings (SSSR count). The number of hydrogen-bond acceptors (Lipinski definition) is 6. The highest BCUT2D eigenvalue weighted by Crippen LogP contribution is 2.27. The SMILES string of the molecule is CCCc1nnc2sc(-c3cccc(NC(=O)COc4cccc(C)c4C)c3)nn12. The molecule has 2 heterocycles. The van der Waals surface area contributed by atoms with Crippen molar-refractivity contribution in [1.82, 2.24) is 19.8 Å². The van der Waals surface area contributed by atoms with Crippen LogP contribution in [0.15, 0.2) is 42.5 Å². The third kappa shape index (κ3) is 4.18. The number of aromatic nitrogens is 4. The van der Waals surface area contributed by atoms with Gasteiger partial charge in [-0.2, -0.15) is 9.61 Å². The minimum atomic E-state index is -0.212. The average molecular weight is 422 g/mol. The summed E-state index contributed by atoms with van der Waals surface area (Å²) in [6.45, 7) is 6.05. The largest absolute Gasteiger partial charge is 0.483 e. The topological polar surface area (TPSA) is 81.4 Å². The fraction of sp³-hybridized carbons (Fsp3) is 0.273. The van der Waals surface area contributed by atoms with Crippen molar-refractivity contribution >= 4 is 27.9 Å². The first-order chi connectivity index (χ1) is 14.5. The zero-order valence-corrected chi connectivity index (χ0v) is 18.0. The molecule has 4 aromatic rings. The first-order valence-corrected chi connectivity index (χ1v) is 10.7. The van der Waals surface area contributed by atoms with E-state index in [9.17, 15) is 4.79 Å². The number of ether oxygens (including phenoxy) is 1. The summed E-state index contributed by atoms with van der Waals surface area (Å²) in [5.41, 5.74) is 3.79. The van der Waals surface area contributed by atoms with Gasteiger partial charge in [0.1, 0.15) is 10.8 Å². The number of carbonyl (C=O) groups excluding carboxylic acids is 1. The number of nitrogens with one attached hydrogen (secondary N) is 1. The van der Waals surface area contributed by atoms with Gasteiger partial charge >= 0.3 is 0 Å². The molecule has 30 heavy (non-hydrogen) atoms. The predicted molar refractivity (Wildman–Crippen MR) is 118 cm³/mol. The Labute approximate surface area is 178 Å². The first-order valence-electron chi connectivity index (χ1n) is 9.85. The molecular formula is C22H23N5O2S. The van der Waals surface area contributed by atoms with Crippen LogP contribution in [0.1, 0.15) is 30.3 Å². The van der Waals surface area contributed by atoms with E-state index < -0.39 is 0 Å². The molecule has 7 nitrogen and oxygen atoms in total. The van der Waals surface area contributed by atoms with E-state index in [0.717, 1.165) is 51.1 Å². The number of nitrogens with zero attached hydrogens (tertiary/aromatic N) is 4. The normalized spacial score (nSPS) is 11.0. The van der Waals surface area contributed by atoms with Crippen LogP contribution in [0.5, 0.6) is 5.75 Å². The average Bonchev–Trinajstić information content (AvgIpc) is 3.32. The minimum absolute atomic E-state index is 0.0500. The smallest absolute Gasteiger partial charge is 0.262 e. The quantitative estimate of drug-likeness (QED) is 0.477. The molecule has 0 atom stereocenters. The van der Waals surface area contributed by atoms with Crippen molar-refractivity contribution in [2.45, 2.75) is 33.6 Å². The summed E-state index contributed by atoms with van der Waals surface area (Å²) >= 11 is 1.48. The number of anilines is 1. The lowest BCUT2D eigenvalue weighted by Crippen LogP contribution is -2.20. The van der Waals surface area contributed by atoms with Crippen molar-refractivity contribution in [1.29, 1.82) is 0 Å². The Bertz CT molecular complexity index is 1200. The van der Waals surface area contributed by atoms with Crippen LogP contribution in [-0.2, 0) is 11.2 Å². The lowest BCUT2D eigenvalue weighted by molar-refractivity contribution is -0.118. The zero-order valence-electron chi connectivity index (χ0n) is 17.2. The molecule has 154 valence electrons. The number of aryl methyl sites for hydroxylation is 2. The van der Waals surface area contributed by atoms with E-state index >= 15 is 0 Å². The van der Waals surface area contributed by atoms with E-state index in [1.165, 1.54) is 11.3 Å². The number of benzene rings is 2. The maximum absolute atomic E-state index is 12.4. The van der Waals surface area contributed by atoms with Crippen molar-refractivity contribution in [3.8, 4) is 16.3 Å². The first kappa shape index (κ1) is 20.0. The Morgan fingerprint density at radius 3 is 2.83 bits per heavy atom. The molecular weight excluding hydrogens is 398 g/mol. The highest BCUT2D eigenvalue weighted by molar-refractivity contribution is 7.19. The molecule has 1 amide bonds. The summed E-state index contributed by atoms with van der Waals surface area (Å²) < 4.78 is 7.49. The van der Waals surface area contributed by atoms with Gasteiger partial charge in [0.2, 0.25) is 4.96 Å². The second kappa shape index (κ2) is 8.62. The number of rotatable bonds is 7. The summed E-state index contributed by atoms with van der Waals surface area (Å²) in [5.74, 6) is 1.38. The van der Waals surface area contributed by atoms with Gasteiger partial charge in [0, 0.05) is 17.7 Å². The van der Waals surface area contributed by atoms with Gasteiger partial charge in [-0.3, -0.25) is 4.79 Å². The van der Waals surface area contributed by atoms with Crippen LogP contribution in [0.25, 0.3) is 15.5 Å². The summed E-state index contributed by atoms with van der Waals surface area (Å²) in [7, 11) is 0. The minimum Gasteiger partial charge on any atom is -0.483 e. The van der Waals surface area contributed by atoms with Crippen molar-refractivity contribution in [2.24, 2.45) is 0 Å². The second-order valence-corrected chi connectivity index (χ2v) is 8.04. The standard InChI is InChI=1S/C22H23N5O2S/c1-4-7-19-24-25-22-27(19)26-21(30-22)16-9-6-10-17(12-16)23-20(28)13-29-18-11-5-8-14(2)15(18)3/h5-6,8-12H,4,7,13H2,1-3H3,(H,23,28). The summed E-state index contributed by atoms with van der Waals surface area (Å²) in [6, 6.07) is 13.4. The van der Waals surface area contributed by atoms with Crippen molar-refractivity contribution in [3.05, 3.63) is 59.4 Å². The lowest BCUT2D eigenvalue weighted by atomic mass is 10.1. The van der Waals surface area contributed by atoms with Gasteiger partial charge in [0.05, 0.1) is 0 Å². The Kier molecular flexibility index (Phi) is 5.76. The van der Waals surface area contributed by atoms with E-state index in [0.29, 0.717) is 5.69 Å². The van der Waals surface area contributed by atoms with Crippen LogP contribution in [0.4, 0.5) is 5.69 Å². The van der Waals surface area contributed by atoms with Crippen LogP contribution in [0.2, 0.25) is 0 Å². The van der Waals surface area contributed by atoms with E-state index in [4.69, 9.17) is 4.74 Å². The number of fused-ring (bicyclic) bond motifs is 1. The molecule has 0 bridgehead atoms. The van der Waals surface area contributed by atoms with Crippen molar-refractivity contribution in [3.63, 3.8) is 0 Å². The van der Waals surface area contributed by atoms with E-state index in [2.05, 4.69) is 27.5 Å². The molecule has 0 aliphatic rings. The third-order valence-corrected chi connectivity index (χ3v) is 5.78. The van der Waals surface area contributed by atoms with Gasteiger partial charge in [-0.15, -0.1) is 10.2 Å². The van der Waals surface area contributed by atoms with Gasteiger partial charge in [-0.1, -0.05) is 42.5 Å². The van der Waals surface area contributed by atoms with E-state index in [-0.39, 0.29) is 12.5 Å². The fourth-order valence-corrected chi connectivity index (χ4v) is 3.96. The third-order valence-electron chi connectivity index (χ3n) is 4.84. The summed E-state index contributed by atoms with van der Waals surface area (Å²) in [4.78, 5) is 13.1. The Morgan fingerprint density at radius 2 is 2.00 bits per heavy atom. The highest BCUT2D eigenvalue weighted by Gasteiger charge is 2.13. The van der Waals surface area contributed by atoms with Gasteiger partial charge in [-0.05, 0) is 49.6 Å². The number of amides is 1. The molecule has 0 saturated heterocycles. The lowest BCUT2D eigenvalue weighted by Gasteiger charge is -2.11. The Balaban J connectivity index is 1.45. The molecule has 0 aliphatic heterocycles. The second-order valence-electron chi connectivity index (χ2n) is 7.08. The van der Waals surface area contributed by atoms with Crippen molar-refractivity contribution < 1.29 is 9.53 Å². The number of carbonyl (C=O) groups is 1. The van der Waals surface area contributed by atoms with Gasteiger partial charge in [0.25, 0.3) is 5.91 Å². The highest BCUT2D eigenvalue weighted by atomic mass is 32.1. The molecule has 1 N–H and O–H groups in total. The van der Waals surface area contributed by atoms with Crippen LogP contribution < -0.4 is 10.1 Å². The van der Waals surface area contributed by atoms with Crippen LogP contribution >= 0.6 is 11.3 Å². The van der Waals surface area contributed by atoms with Gasteiger partial charge in [0.15, 0.2) is 12.4 Å². The fourth-order valence-electron chi connectivity index (χ4n) is 3.10. The molecule has 0 aliphatic carbocycles. The predicted octanol–water partition coefficient (Wildman–Crippen LogP) is 4.44. The summed E-state index contributed by atoms with van der Waals surface area (Å²) in [5, 5.41) is 16.8. The van der Waals surface area contributed by atoms with E-state index in [1.54, 1.807) is 4.52 Å². The van der Waals surface area contributed by atoms with E-state index in [1.807, 2.05) is 56.3 Å². The summed E-state index contributed by atoms with van der Waals surface area (Å²) in [6.07, 6.45) is 1.82. The van der Waals surface area contributed by atoms with Gasteiger partial charge in [-0.25, -0.2) is 0 Å². The molecule has 0 spiro atoms. The van der Waals surface area contributed by atoms with Crippen LogP contribution in [0.3, 0.4) is 0 Å². The van der Waals surface area contributed by atoms with Crippen LogP contribution in [-0.4, -0.2) is 32.3 Å². The zero-order chi connectivity index (χ0) is 21.1. The molecule has 0 saturated carbocycles. The van der Waals surface area contributed by atoms with Crippen LogP contribution in [0, 0.1) is 13.8 Å². The molecule has 8 heteroatoms. The molecule has 0 radical (unpaired) electrons. The molecule has 0 unspecified atom stereocenters.